The number of amides is 1. The summed E-state index contributed by atoms with van der Waals surface area (Å²) in [6.07, 6.45) is 5.84. The normalized spacial score (nSPS) is 22.2. The monoisotopic (exact) mass is 519 g/mol. The second-order valence-electron chi connectivity index (χ2n) is 9.84. The van der Waals surface area contributed by atoms with Crippen LogP contribution in [0.25, 0.3) is 0 Å². The summed E-state index contributed by atoms with van der Waals surface area (Å²) in [6, 6.07) is 7.19. The SMILES string of the molecule is CC(NC(CCc1ccccc1)C(=O)O)C(=O)N1C(C(=O)OCCCCCO[N+](=O)[O-])CC2CCCC21. The molecule has 5 atom stereocenters. The quantitative estimate of drug-likeness (QED) is 0.154. The molecule has 0 bridgehead atoms. The van der Waals surface area contributed by atoms with Gasteiger partial charge in [0.2, 0.25) is 5.91 Å². The van der Waals surface area contributed by atoms with Gasteiger partial charge in [-0.15, -0.1) is 10.1 Å². The molecule has 2 fully saturated rings. The molecule has 1 aliphatic heterocycles. The number of hydrogen-bond donors (Lipinski definition) is 2. The number of rotatable bonds is 15. The van der Waals surface area contributed by atoms with Crippen molar-refractivity contribution in [3.63, 3.8) is 0 Å². The Morgan fingerprint density at radius 3 is 2.59 bits per heavy atom. The maximum atomic E-state index is 13.5. The Labute approximate surface area is 216 Å². The predicted octanol–water partition coefficient (Wildman–Crippen LogP) is 2.74. The number of esters is 1. The highest BCUT2D eigenvalue weighted by Gasteiger charge is 2.50. The van der Waals surface area contributed by atoms with Gasteiger partial charge in [0.05, 0.1) is 19.3 Å². The van der Waals surface area contributed by atoms with E-state index >= 15 is 0 Å². The average molecular weight is 520 g/mol. The third kappa shape index (κ3) is 8.14. The highest BCUT2D eigenvalue weighted by atomic mass is 16.9. The van der Waals surface area contributed by atoms with E-state index in [1.54, 1.807) is 11.8 Å². The van der Waals surface area contributed by atoms with Crippen molar-refractivity contribution in [2.45, 2.75) is 88.9 Å². The Balaban J connectivity index is 1.54. The number of carbonyl (C=O) groups is 3. The van der Waals surface area contributed by atoms with Crippen molar-refractivity contribution in [3.8, 4) is 0 Å². The fourth-order valence-electron chi connectivity index (χ4n) is 5.44. The maximum absolute atomic E-state index is 13.5. The summed E-state index contributed by atoms with van der Waals surface area (Å²) in [6.45, 7) is 1.82. The van der Waals surface area contributed by atoms with Gasteiger partial charge in [-0.3, -0.25) is 14.9 Å². The van der Waals surface area contributed by atoms with Crippen molar-refractivity contribution >= 4 is 17.8 Å². The lowest BCUT2D eigenvalue weighted by atomic mass is 10.0. The van der Waals surface area contributed by atoms with Crippen LogP contribution in [0.15, 0.2) is 30.3 Å². The summed E-state index contributed by atoms with van der Waals surface area (Å²) in [7, 11) is 0. The maximum Gasteiger partial charge on any atom is 0.328 e. The molecule has 1 heterocycles. The summed E-state index contributed by atoms with van der Waals surface area (Å²) in [5.41, 5.74) is 1.02. The predicted molar refractivity (Wildman–Crippen MR) is 133 cm³/mol. The lowest BCUT2D eigenvalue weighted by Gasteiger charge is -2.32. The molecular weight excluding hydrogens is 482 g/mol. The number of nitrogens with zero attached hydrogens (tertiary/aromatic N) is 2. The molecule has 1 amide bonds. The lowest BCUT2D eigenvalue weighted by Crippen LogP contribution is -2.55. The van der Waals surface area contributed by atoms with E-state index in [1.165, 1.54) is 0 Å². The number of unbranched alkanes of at least 4 members (excludes halogenated alkanes) is 2. The van der Waals surface area contributed by atoms with Crippen LogP contribution in [-0.4, -0.2) is 70.3 Å². The number of ether oxygens (including phenoxy) is 1. The number of aliphatic carboxylic acids is 1. The molecule has 1 aromatic carbocycles. The van der Waals surface area contributed by atoms with Crippen molar-refractivity contribution in [2.75, 3.05) is 13.2 Å². The van der Waals surface area contributed by atoms with E-state index < -0.39 is 35.2 Å². The van der Waals surface area contributed by atoms with E-state index in [1.807, 2.05) is 30.3 Å². The third-order valence-corrected chi connectivity index (χ3v) is 7.28. The number of likely N-dealkylation sites (tertiary alicyclic amines) is 1. The molecule has 0 spiro atoms. The third-order valence-electron chi connectivity index (χ3n) is 7.28. The first-order valence-electron chi connectivity index (χ1n) is 13.1. The van der Waals surface area contributed by atoms with Crippen LogP contribution in [0, 0.1) is 16.0 Å². The van der Waals surface area contributed by atoms with Gasteiger partial charge in [-0.1, -0.05) is 36.8 Å². The van der Waals surface area contributed by atoms with Gasteiger partial charge in [-0.25, -0.2) is 4.79 Å². The van der Waals surface area contributed by atoms with E-state index in [0.29, 0.717) is 38.5 Å². The molecule has 1 aliphatic carbocycles. The van der Waals surface area contributed by atoms with Gasteiger partial charge in [0.25, 0.3) is 5.09 Å². The second kappa shape index (κ2) is 13.9. The number of carboxylic acid groups (broad SMARTS) is 1. The standard InChI is InChI=1S/C26H37N3O8/c1-18(27-21(25(31)32)14-13-19-9-4-2-5-10-19)24(30)28-22-12-8-11-20(22)17-23(28)26(33)36-15-6-3-7-16-37-29(34)35/h2,4-5,9-10,18,20-23,27H,3,6-8,11-17H2,1H3,(H,31,32). The summed E-state index contributed by atoms with van der Waals surface area (Å²) in [5.74, 6) is -1.51. The minimum Gasteiger partial charge on any atom is -0.480 e. The minimum atomic E-state index is -1.02. The van der Waals surface area contributed by atoms with Crippen LogP contribution in [0.2, 0.25) is 0 Å². The minimum absolute atomic E-state index is 0.00276. The smallest absolute Gasteiger partial charge is 0.328 e. The number of nitrogens with one attached hydrogen (secondary N) is 1. The number of carbonyl (C=O) groups excluding carboxylic acids is 2. The van der Waals surface area contributed by atoms with Gasteiger partial charge in [0.1, 0.15) is 12.1 Å². The Kier molecular flexibility index (Phi) is 10.7. The van der Waals surface area contributed by atoms with Crippen molar-refractivity contribution < 1.29 is 34.2 Å². The topological polar surface area (TPSA) is 148 Å². The first kappa shape index (κ1) is 28.4. The summed E-state index contributed by atoms with van der Waals surface area (Å²) < 4.78 is 5.46. The molecule has 3 rings (SSSR count). The van der Waals surface area contributed by atoms with Crippen LogP contribution in [0.4, 0.5) is 0 Å². The van der Waals surface area contributed by atoms with Gasteiger partial charge in [0.15, 0.2) is 0 Å². The largest absolute Gasteiger partial charge is 0.480 e. The summed E-state index contributed by atoms with van der Waals surface area (Å²) in [4.78, 5) is 54.4. The van der Waals surface area contributed by atoms with Crippen molar-refractivity contribution in [2.24, 2.45) is 5.92 Å². The Bertz CT molecular complexity index is 928. The molecule has 1 aromatic rings. The van der Waals surface area contributed by atoms with Crippen LogP contribution in [0.1, 0.15) is 63.9 Å². The molecule has 2 aliphatic rings. The average Bonchev–Trinajstić information content (AvgIpc) is 3.47. The van der Waals surface area contributed by atoms with E-state index in [9.17, 15) is 29.6 Å². The lowest BCUT2D eigenvalue weighted by molar-refractivity contribution is -0.757. The van der Waals surface area contributed by atoms with Gasteiger partial charge in [-0.2, -0.15) is 0 Å². The first-order chi connectivity index (χ1) is 17.8. The van der Waals surface area contributed by atoms with Gasteiger partial charge >= 0.3 is 11.9 Å². The molecule has 0 aromatic heterocycles. The van der Waals surface area contributed by atoms with Gasteiger partial charge < -0.3 is 19.6 Å². The molecule has 37 heavy (non-hydrogen) atoms. The van der Waals surface area contributed by atoms with E-state index in [-0.39, 0.29) is 31.1 Å². The van der Waals surface area contributed by atoms with Gasteiger partial charge in [0, 0.05) is 6.04 Å². The van der Waals surface area contributed by atoms with E-state index in [4.69, 9.17) is 4.74 Å². The van der Waals surface area contributed by atoms with Crippen molar-refractivity contribution in [3.05, 3.63) is 46.0 Å². The van der Waals surface area contributed by atoms with Crippen LogP contribution in [0.3, 0.4) is 0 Å². The summed E-state index contributed by atoms with van der Waals surface area (Å²) in [5, 5.41) is 22.1. The van der Waals surface area contributed by atoms with Crippen LogP contribution < -0.4 is 5.32 Å². The molecule has 1 saturated heterocycles. The zero-order valence-electron chi connectivity index (χ0n) is 21.3. The highest BCUT2D eigenvalue weighted by molar-refractivity contribution is 5.89. The molecule has 2 N–H and O–H groups in total. The molecule has 5 unspecified atom stereocenters. The molecular formula is C26H37N3O8. The van der Waals surface area contributed by atoms with E-state index in [0.717, 1.165) is 24.8 Å². The number of carboxylic acids is 1. The van der Waals surface area contributed by atoms with Gasteiger partial charge in [-0.05, 0) is 69.8 Å². The molecule has 11 heteroatoms. The Morgan fingerprint density at radius 2 is 1.89 bits per heavy atom. The molecule has 11 nitrogen and oxygen atoms in total. The number of fused-ring (bicyclic) bond motifs is 1. The highest BCUT2D eigenvalue weighted by Crippen LogP contribution is 2.42. The van der Waals surface area contributed by atoms with Crippen LogP contribution >= 0.6 is 0 Å². The zero-order chi connectivity index (χ0) is 26.8. The summed E-state index contributed by atoms with van der Waals surface area (Å²) >= 11 is 0. The molecule has 0 radical (unpaired) electrons. The number of hydrogen-bond acceptors (Lipinski definition) is 8. The zero-order valence-corrected chi connectivity index (χ0v) is 21.3. The Hall–Kier alpha value is -3.21. The van der Waals surface area contributed by atoms with E-state index in [2.05, 4.69) is 10.2 Å². The molecule has 204 valence electrons. The van der Waals surface area contributed by atoms with Crippen molar-refractivity contribution in [1.82, 2.24) is 10.2 Å². The number of aryl methyl sites for hydroxylation is 1. The van der Waals surface area contributed by atoms with Crippen LogP contribution in [0.5, 0.6) is 0 Å². The second-order valence-corrected chi connectivity index (χ2v) is 9.84. The Morgan fingerprint density at radius 1 is 1.16 bits per heavy atom. The van der Waals surface area contributed by atoms with Crippen LogP contribution in [-0.2, 0) is 30.4 Å². The number of benzene rings is 1. The molecule has 1 saturated carbocycles. The van der Waals surface area contributed by atoms with Crippen molar-refractivity contribution in [1.29, 1.82) is 0 Å². The first-order valence-corrected chi connectivity index (χ1v) is 13.1. The fraction of sp³-hybridized carbons (Fsp3) is 0.654. The fourth-order valence-corrected chi connectivity index (χ4v) is 5.44.